The van der Waals surface area contributed by atoms with Gasteiger partial charge in [0.15, 0.2) is 17.3 Å². The molecule has 0 unspecified atom stereocenters. The van der Waals surface area contributed by atoms with Crippen LogP contribution in [0, 0.1) is 0 Å². The van der Waals surface area contributed by atoms with Crippen LogP contribution in [-0.2, 0) is 11.3 Å². The zero-order valence-electron chi connectivity index (χ0n) is 14.1. The second-order valence-electron chi connectivity index (χ2n) is 5.18. The van der Waals surface area contributed by atoms with Crippen LogP contribution in [-0.4, -0.2) is 39.4 Å². The van der Waals surface area contributed by atoms with Gasteiger partial charge in [-0.15, -0.1) is 0 Å². The van der Waals surface area contributed by atoms with Crippen LogP contribution in [0.2, 0.25) is 0 Å². The summed E-state index contributed by atoms with van der Waals surface area (Å²) in [7, 11) is 1.33. The molecule has 10 heteroatoms. The summed E-state index contributed by atoms with van der Waals surface area (Å²) in [6, 6.07) is 7.29. The average Bonchev–Trinajstić information content (AvgIpc) is 3.21. The van der Waals surface area contributed by atoms with Crippen molar-refractivity contribution >= 4 is 5.97 Å². The highest BCUT2D eigenvalue weighted by Crippen LogP contribution is 2.29. The monoisotopic (exact) mass is 376 g/mol. The largest absolute Gasteiger partial charge is 0.493 e. The Morgan fingerprint density at radius 1 is 1.22 bits per heavy atom. The minimum atomic E-state index is -2.96. The molecule has 0 bridgehead atoms. The maximum absolute atomic E-state index is 12.4. The predicted octanol–water partition coefficient (Wildman–Crippen LogP) is 2.63. The van der Waals surface area contributed by atoms with E-state index >= 15 is 0 Å². The first-order valence-corrected chi connectivity index (χ1v) is 7.66. The lowest BCUT2D eigenvalue weighted by atomic mass is 10.2. The van der Waals surface area contributed by atoms with Gasteiger partial charge in [0.05, 0.1) is 12.7 Å². The van der Waals surface area contributed by atoms with Crippen LogP contribution in [0.1, 0.15) is 15.9 Å². The van der Waals surface area contributed by atoms with E-state index in [2.05, 4.69) is 19.8 Å². The van der Waals surface area contributed by atoms with Gasteiger partial charge in [-0.25, -0.2) is 19.4 Å². The summed E-state index contributed by atoms with van der Waals surface area (Å²) in [6.45, 7) is -3.04. The number of alkyl halides is 2. The summed E-state index contributed by atoms with van der Waals surface area (Å²) in [4.78, 5) is 20.2. The van der Waals surface area contributed by atoms with Crippen LogP contribution in [0.4, 0.5) is 8.78 Å². The summed E-state index contributed by atoms with van der Waals surface area (Å²) >= 11 is 0. The van der Waals surface area contributed by atoms with Crippen LogP contribution < -0.4 is 9.47 Å². The Hall–Kier alpha value is -3.56. The maximum Gasteiger partial charge on any atom is 0.387 e. The molecule has 0 N–H and O–H groups in total. The second-order valence-corrected chi connectivity index (χ2v) is 5.18. The molecular formula is C17H14F2N4O4. The number of rotatable bonds is 7. The highest BCUT2D eigenvalue weighted by molar-refractivity contribution is 5.89. The molecular weight excluding hydrogens is 362 g/mol. The third kappa shape index (κ3) is 4.54. The number of carbonyl (C=O) groups is 1. The number of hydrogen-bond acceptors (Lipinski definition) is 7. The predicted molar refractivity (Wildman–Crippen MR) is 87.9 cm³/mol. The number of methoxy groups -OCH3 is 1. The molecule has 0 fully saturated rings. The number of carbonyl (C=O) groups excluding carboxylic acids is 1. The number of esters is 1. The normalized spacial score (nSPS) is 10.7. The van der Waals surface area contributed by atoms with E-state index in [4.69, 9.17) is 9.47 Å². The summed E-state index contributed by atoms with van der Waals surface area (Å²) in [5.74, 6) is -0.154. The van der Waals surface area contributed by atoms with Crippen LogP contribution >= 0.6 is 0 Å². The molecule has 0 aliphatic heterocycles. The summed E-state index contributed by atoms with van der Waals surface area (Å²) in [5, 5.41) is 3.94. The lowest BCUT2D eigenvalue weighted by molar-refractivity contribution is -0.0512. The fourth-order valence-corrected chi connectivity index (χ4v) is 2.22. The second kappa shape index (κ2) is 8.21. The number of hydrogen-bond donors (Lipinski definition) is 0. The molecule has 8 nitrogen and oxygen atoms in total. The summed E-state index contributed by atoms with van der Waals surface area (Å²) in [6.07, 6.45) is 4.25. The van der Waals surface area contributed by atoms with E-state index in [-0.39, 0.29) is 23.7 Å². The molecule has 0 amide bonds. The van der Waals surface area contributed by atoms with Gasteiger partial charge < -0.3 is 14.2 Å². The zero-order chi connectivity index (χ0) is 19.2. The maximum atomic E-state index is 12.4. The Labute approximate surface area is 152 Å². The van der Waals surface area contributed by atoms with Crippen LogP contribution in [0.5, 0.6) is 11.5 Å². The van der Waals surface area contributed by atoms with Gasteiger partial charge >= 0.3 is 12.6 Å². The molecule has 1 aromatic carbocycles. The van der Waals surface area contributed by atoms with E-state index in [0.29, 0.717) is 11.4 Å². The van der Waals surface area contributed by atoms with Gasteiger partial charge in [0, 0.05) is 6.20 Å². The molecule has 3 rings (SSSR count). The Balaban J connectivity index is 1.68. The number of aromatic nitrogens is 4. The molecule has 2 heterocycles. The molecule has 0 saturated carbocycles. The van der Waals surface area contributed by atoms with Crippen LogP contribution in [0.25, 0.3) is 5.82 Å². The Kier molecular flexibility index (Phi) is 5.55. The van der Waals surface area contributed by atoms with E-state index in [1.54, 1.807) is 0 Å². The Morgan fingerprint density at radius 2 is 2.07 bits per heavy atom. The molecule has 2 aromatic heterocycles. The fraction of sp³-hybridized carbons (Fsp3) is 0.176. The van der Waals surface area contributed by atoms with Crippen molar-refractivity contribution in [2.45, 2.75) is 13.2 Å². The lowest BCUT2D eigenvalue weighted by Gasteiger charge is -2.12. The lowest BCUT2D eigenvalue weighted by Crippen LogP contribution is -2.08. The van der Waals surface area contributed by atoms with E-state index in [1.165, 1.54) is 61.0 Å². The van der Waals surface area contributed by atoms with Crippen molar-refractivity contribution in [2.24, 2.45) is 0 Å². The molecule has 140 valence electrons. The van der Waals surface area contributed by atoms with Gasteiger partial charge in [-0.3, -0.25) is 0 Å². The van der Waals surface area contributed by atoms with Crippen molar-refractivity contribution in [3.05, 3.63) is 60.3 Å². The number of pyridine rings is 1. The molecule has 0 aliphatic carbocycles. The van der Waals surface area contributed by atoms with Crippen molar-refractivity contribution in [2.75, 3.05) is 7.11 Å². The van der Waals surface area contributed by atoms with Crippen LogP contribution in [0.3, 0.4) is 0 Å². The first kappa shape index (κ1) is 18.2. The van der Waals surface area contributed by atoms with Crippen LogP contribution in [0.15, 0.2) is 49.2 Å². The SMILES string of the molecule is COc1cc(COC(=O)c2ccnc(-n3cncn3)c2)ccc1OC(F)F. The first-order chi connectivity index (χ1) is 13.1. The van der Waals surface area contributed by atoms with Gasteiger partial charge in [-0.1, -0.05) is 6.07 Å². The van der Waals surface area contributed by atoms with Gasteiger partial charge in [-0.2, -0.15) is 13.9 Å². The van der Waals surface area contributed by atoms with Crippen molar-refractivity contribution in [3.8, 4) is 17.3 Å². The highest BCUT2D eigenvalue weighted by Gasteiger charge is 2.13. The van der Waals surface area contributed by atoms with E-state index in [0.717, 1.165) is 0 Å². The third-order valence-electron chi connectivity index (χ3n) is 3.45. The topological polar surface area (TPSA) is 88.4 Å². The zero-order valence-corrected chi connectivity index (χ0v) is 14.1. The molecule has 3 aromatic rings. The van der Waals surface area contributed by atoms with E-state index < -0.39 is 12.6 Å². The van der Waals surface area contributed by atoms with Gasteiger partial charge in [-0.05, 0) is 29.8 Å². The summed E-state index contributed by atoms with van der Waals surface area (Å²) in [5.41, 5.74) is 0.826. The number of benzene rings is 1. The minimum Gasteiger partial charge on any atom is -0.493 e. The van der Waals surface area contributed by atoms with Gasteiger partial charge in [0.1, 0.15) is 19.3 Å². The standard InChI is InChI=1S/C17H14F2N4O4/c1-25-14-6-11(2-3-13(14)27-17(18)19)8-26-16(24)12-4-5-21-15(7-12)23-10-20-9-22-23/h2-7,9-10,17H,8H2,1H3. The Bertz CT molecular complexity index is 919. The van der Waals surface area contributed by atoms with E-state index in [1.807, 2.05) is 0 Å². The van der Waals surface area contributed by atoms with Gasteiger partial charge in [0.25, 0.3) is 0 Å². The number of nitrogens with zero attached hydrogens (tertiary/aromatic N) is 4. The molecule has 0 aliphatic rings. The first-order valence-electron chi connectivity index (χ1n) is 7.66. The summed E-state index contributed by atoms with van der Waals surface area (Å²) < 4.78 is 40.7. The van der Waals surface area contributed by atoms with Crippen molar-refractivity contribution in [1.82, 2.24) is 19.7 Å². The molecule has 27 heavy (non-hydrogen) atoms. The average molecular weight is 376 g/mol. The fourth-order valence-electron chi connectivity index (χ4n) is 2.22. The molecule has 0 atom stereocenters. The van der Waals surface area contributed by atoms with Crippen molar-refractivity contribution in [3.63, 3.8) is 0 Å². The molecule has 0 saturated heterocycles. The minimum absolute atomic E-state index is 0.0782. The number of ether oxygens (including phenoxy) is 3. The van der Waals surface area contributed by atoms with Crippen molar-refractivity contribution in [1.29, 1.82) is 0 Å². The Morgan fingerprint density at radius 3 is 2.78 bits per heavy atom. The van der Waals surface area contributed by atoms with E-state index in [9.17, 15) is 13.6 Å². The van der Waals surface area contributed by atoms with Crippen molar-refractivity contribution < 1.29 is 27.8 Å². The highest BCUT2D eigenvalue weighted by atomic mass is 19.3. The number of halogens is 2. The van der Waals surface area contributed by atoms with Gasteiger partial charge in [0.2, 0.25) is 0 Å². The smallest absolute Gasteiger partial charge is 0.387 e. The molecule has 0 spiro atoms. The molecule has 0 radical (unpaired) electrons. The third-order valence-corrected chi connectivity index (χ3v) is 3.45. The quantitative estimate of drug-likeness (QED) is 0.586.